The fourth-order valence-electron chi connectivity index (χ4n) is 2.64. The van der Waals surface area contributed by atoms with Crippen LogP contribution in [-0.2, 0) is 13.5 Å². The van der Waals surface area contributed by atoms with Gasteiger partial charge < -0.3 is 5.32 Å². The molecule has 114 valence electrons. The monoisotopic (exact) mass is 289 g/mol. The minimum absolute atomic E-state index is 0.187. The predicted octanol–water partition coefficient (Wildman–Crippen LogP) is 3.46. The van der Waals surface area contributed by atoms with Gasteiger partial charge in [0.1, 0.15) is 5.82 Å². The van der Waals surface area contributed by atoms with Crippen LogP contribution in [0.5, 0.6) is 0 Å². The summed E-state index contributed by atoms with van der Waals surface area (Å²) in [5, 5.41) is 8.04. The number of nitrogens with zero attached hydrogens (tertiary/aromatic N) is 2. The van der Waals surface area contributed by atoms with Gasteiger partial charge in [-0.1, -0.05) is 19.1 Å². The molecule has 2 aromatic rings. The predicted molar refractivity (Wildman–Crippen MR) is 83.8 cm³/mol. The molecule has 0 bridgehead atoms. The molecule has 0 amide bonds. The zero-order valence-corrected chi connectivity index (χ0v) is 13.3. The molecule has 0 saturated heterocycles. The molecule has 0 spiro atoms. The molecule has 0 aliphatic rings. The molecule has 0 aliphatic carbocycles. The Morgan fingerprint density at radius 2 is 1.90 bits per heavy atom. The molecule has 1 aromatic carbocycles. The first kappa shape index (κ1) is 15.7. The van der Waals surface area contributed by atoms with E-state index in [1.165, 1.54) is 23.4 Å². The van der Waals surface area contributed by atoms with E-state index in [2.05, 4.69) is 24.3 Å². The molecular formula is C17H24FN3. The van der Waals surface area contributed by atoms with E-state index in [-0.39, 0.29) is 11.9 Å². The SMILES string of the molecule is CCCNC(Cc1c(C)nn(C)c1C)c1ccc(F)cc1. The van der Waals surface area contributed by atoms with Crippen LogP contribution >= 0.6 is 0 Å². The Kier molecular flexibility index (Phi) is 5.12. The fourth-order valence-corrected chi connectivity index (χ4v) is 2.64. The van der Waals surface area contributed by atoms with Crippen LogP contribution < -0.4 is 5.32 Å². The van der Waals surface area contributed by atoms with Crippen molar-refractivity contribution in [2.24, 2.45) is 7.05 Å². The molecule has 21 heavy (non-hydrogen) atoms. The summed E-state index contributed by atoms with van der Waals surface area (Å²) in [5.74, 6) is -0.193. The van der Waals surface area contributed by atoms with Gasteiger partial charge in [-0.05, 0) is 56.5 Å². The van der Waals surface area contributed by atoms with Gasteiger partial charge in [0, 0.05) is 18.8 Å². The van der Waals surface area contributed by atoms with Crippen LogP contribution in [0, 0.1) is 19.7 Å². The summed E-state index contributed by atoms with van der Waals surface area (Å²) in [7, 11) is 1.97. The molecule has 0 aliphatic heterocycles. The first-order valence-corrected chi connectivity index (χ1v) is 7.50. The first-order valence-electron chi connectivity index (χ1n) is 7.50. The third-order valence-corrected chi connectivity index (χ3v) is 3.98. The maximum Gasteiger partial charge on any atom is 0.123 e. The highest BCUT2D eigenvalue weighted by Crippen LogP contribution is 2.23. The Morgan fingerprint density at radius 1 is 1.24 bits per heavy atom. The number of aryl methyl sites for hydroxylation is 2. The largest absolute Gasteiger partial charge is 0.310 e. The quantitative estimate of drug-likeness (QED) is 0.882. The molecule has 1 heterocycles. The van der Waals surface area contributed by atoms with E-state index in [9.17, 15) is 4.39 Å². The van der Waals surface area contributed by atoms with Crippen LogP contribution in [0.4, 0.5) is 4.39 Å². The fraction of sp³-hybridized carbons (Fsp3) is 0.471. The molecule has 2 rings (SSSR count). The van der Waals surface area contributed by atoms with E-state index < -0.39 is 0 Å². The van der Waals surface area contributed by atoms with Crippen LogP contribution in [-0.4, -0.2) is 16.3 Å². The summed E-state index contributed by atoms with van der Waals surface area (Å²) in [6.45, 7) is 7.23. The highest BCUT2D eigenvalue weighted by molar-refractivity contribution is 5.29. The molecule has 0 fully saturated rings. The summed E-state index contributed by atoms with van der Waals surface area (Å²) in [6.07, 6.45) is 1.94. The Morgan fingerprint density at radius 3 is 2.43 bits per heavy atom. The maximum atomic E-state index is 13.1. The molecule has 0 saturated carbocycles. The molecule has 1 N–H and O–H groups in total. The second-order valence-corrected chi connectivity index (χ2v) is 5.54. The maximum absolute atomic E-state index is 13.1. The van der Waals surface area contributed by atoms with Crippen molar-refractivity contribution in [1.82, 2.24) is 15.1 Å². The molecule has 1 atom stereocenters. The van der Waals surface area contributed by atoms with E-state index in [0.717, 1.165) is 30.6 Å². The Balaban J connectivity index is 2.25. The lowest BCUT2D eigenvalue weighted by Crippen LogP contribution is -2.24. The second kappa shape index (κ2) is 6.85. The minimum Gasteiger partial charge on any atom is -0.310 e. The molecule has 1 aromatic heterocycles. The van der Waals surface area contributed by atoms with Crippen LogP contribution in [0.2, 0.25) is 0 Å². The number of nitrogens with one attached hydrogen (secondary N) is 1. The lowest BCUT2D eigenvalue weighted by Gasteiger charge is -2.19. The lowest BCUT2D eigenvalue weighted by molar-refractivity contribution is 0.525. The number of aromatic nitrogens is 2. The summed E-state index contributed by atoms with van der Waals surface area (Å²) in [5.41, 5.74) is 4.65. The number of hydrogen-bond donors (Lipinski definition) is 1. The van der Waals surface area contributed by atoms with Crippen LogP contribution in [0.25, 0.3) is 0 Å². The summed E-state index contributed by atoms with van der Waals surface area (Å²) < 4.78 is 15.0. The van der Waals surface area contributed by atoms with Crippen molar-refractivity contribution >= 4 is 0 Å². The summed E-state index contributed by atoms with van der Waals surface area (Å²) >= 11 is 0. The van der Waals surface area contributed by atoms with Gasteiger partial charge in [-0.2, -0.15) is 5.10 Å². The third-order valence-electron chi connectivity index (χ3n) is 3.98. The molecule has 4 heteroatoms. The summed E-state index contributed by atoms with van der Waals surface area (Å²) in [6, 6.07) is 6.97. The van der Waals surface area contributed by atoms with Gasteiger partial charge >= 0.3 is 0 Å². The average Bonchev–Trinajstić information content (AvgIpc) is 2.70. The minimum atomic E-state index is -0.193. The van der Waals surface area contributed by atoms with Crippen molar-refractivity contribution in [3.63, 3.8) is 0 Å². The Labute approximate surface area is 126 Å². The number of halogens is 1. The van der Waals surface area contributed by atoms with Gasteiger partial charge in [-0.3, -0.25) is 4.68 Å². The third kappa shape index (κ3) is 3.70. The highest BCUT2D eigenvalue weighted by atomic mass is 19.1. The van der Waals surface area contributed by atoms with Crippen molar-refractivity contribution in [2.75, 3.05) is 6.54 Å². The number of benzene rings is 1. The molecular weight excluding hydrogens is 265 g/mol. The highest BCUT2D eigenvalue weighted by Gasteiger charge is 2.17. The Hall–Kier alpha value is -1.68. The first-order chi connectivity index (χ1) is 10.0. The van der Waals surface area contributed by atoms with E-state index in [4.69, 9.17) is 0 Å². The van der Waals surface area contributed by atoms with Gasteiger partial charge in [-0.25, -0.2) is 4.39 Å². The number of rotatable bonds is 6. The molecule has 0 radical (unpaired) electrons. The summed E-state index contributed by atoms with van der Waals surface area (Å²) in [4.78, 5) is 0. The van der Waals surface area contributed by atoms with Gasteiger partial charge in [-0.15, -0.1) is 0 Å². The number of hydrogen-bond acceptors (Lipinski definition) is 2. The zero-order chi connectivity index (χ0) is 15.4. The van der Waals surface area contributed by atoms with Crippen LogP contribution in [0.15, 0.2) is 24.3 Å². The van der Waals surface area contributed by atoms with Gasteiger partial charge in [0.25, 0.3) is 0 Å². The lowest BCUT2D eigenvalue weighted by atomic mass is 9.97. The Bertz CT molecular complexity index is 587. The standard InChI is InChI=1S/C17H24FN3/c1-5-10-19-17(14-6-8-15(18)9-7-14)11-16-12(2)20-21(4)13(16)3/h6-9,17,19H,5,10-11H2,1-4H3. The normalized spacial score (nSPS) is 12.6. The van der Waals surface area contributed by atoms with E-state index in [1.54, 1.807) is 0 Å². The molecule has 3 nitrogen and oxygen atoms in total. The van der Waals surface area contributed by atoms with Gasteiger partial charge in [0.05, 0.1) is 5.69 Å². The van der Waals surface area contributed by atoms with Crippen molar-refractivity contribution in [3.8, 4) is 0 Å². The van der Waals surface area contributed by atoms with Crippen molar-refractivity contribution in [1.29, 1.82) is 0 Å². The van der Waals surface area contributed by atoms with Gasteiger partial charge in [0.2, 0.25) is 0 Å². The topological polar surface area (TPSA) is 29.9 Å². The van der Waals surface area contributed by atoms with E-state index in [0.29, 0.717) is 0 Å². The zero-order valence-electron chi connectivity index (χ0n) is 13.3. The van der Waals surface area contributed by atoms with Crippen molar-refractivity contribution < 1.29 is 4.39 Å². The van der Waals surface area contributed by atoms with Crippen LogP contribution in [0.3, 0.4) is 0 Å². The van der Waals surface area contributed by atoms with Crippen molar-refractivity contribution in [2.45, 2.75) is 39.7 Å². The van der Waals surface area contributed by atoms with E-state index in [1.807, 2.05) is 30.8 Å². The smallest absolute Gasteiger partial charge is 0.123 e. The van der Waals surface area contributed by atoms with E-state index >= 15 is 0 Å². The van der Waals surface area contributed by atoms with Gasteiger partial charge in [0.15, 0.2) is 0 Å². The average molecular weight is 289 g/mol. The van der Waals surface area contributed by atoms with Crippen molar-refractivity contribution in [3.05, 3.63) is 52.6 Å². The van der Waals surface area contributed by atoms with Crippen LogP contribution in [0.1, 0.15) is 41.9 Å². The molecule has 1 unspecified atom stereocenters. The second-order valence-electron chi connectivity index (χ2n) is 5.54.